The summed E-state index contributed by atoms with van der Waals surface area (Å²) in [7, 11) is -3.62. The van der Waals surface area contributed by atoms with Crippen LogP contribution in [0.3, 0.4) is 0 Å². The lowest BCUT2D eigenvalue weighted by Gasteiger charge is -2.45. The number of phosphoric acid groups is 1. The van der Waals surface area contributed by atoms with Gasteiger partial charge in [-0.2, -0.15) is 0 Å². The van der Waals surface area contributed by atoms with E-state index in [2.05, 4.69) is 33.8 Å². The molecule has 2 fully saturated rings. The van der Waals surface area contributed by atoms with E-state index in [9.17, 15) is 18.9 Å². The Labute approximate surface area is 234 Å². The van der Waals surface area contributed by atoms with E-state index >= 15 is 0 Å². The van der Waals surface area contributed by atoms with Crippen molar-refractivity contribution in [2.45, 2.75) is 78.6 Å². The molecule has 1 aromatic carbocycles. The number of likely N-dealkylation sites (tertiary alicyclic amines) is 1. The standard InChI is InChI=1S/C26H39ClN3O8P/c1-16(2)21(22(31)30-13-12-20(25(4,5)15-30)18-8-10-19(27)11-9-18)29-24(33)28-14-26(6,7)35-23(32)17(3)36-39(34)37-38-39/h8-11,16-17,20-21H,12-15H2,1-7H3,(H2,28,29,33)/t17?,20?,21-/m1/s1. The molecule has 0 radical (unpaired) electrons. The van der Waals surface area contributed by atoms with Gasteiger partial charge in [0.1, 0.15) is 11.6 Å². The van der Waals surface area contributed by atoms with E-state index in [0.29, 0.717) is 18.1 Å². The zero-order valence-corrected chi connectivity index (χ0v) is 25.1. The Balaban J connectivity index is 1.54. The number of esters is 1. The van der Waals surface area contributed by atoms with Crippen molar-refractivity contribution >= 4 is 37.3 Å². The second-order valence-electron chi connectivity index (χ2n) is 11.7. The van der Waals surface area contributed by atoms with Gasteiger partial charge >= 0.3 is 19.8 Å². The van der Waals surface area contributed by atoms with Crippen LogP contribution in [0, 0.1) is 11.3 Å². The SMILES string of the molecule is CC(OP1(=O)OO1)C(=O)OC(C)(C)CNC(=O)N[C@@H](C(=O)N1CCC(c2ccc(Cl)cc2)C(C)(C)C1)C(C)C. The van der Waals surface area contributed by atoms with E-state index in [4.69, 9.17) is 20.9 Å². The number of hydrogen-bond acceptors (Lipinski definition) is 8. The fourth-order valence-electron chi connectivity index (χ4n) is 4.74. The first-order chi connectivity index (χ1) is 18.0. The van der Waals surface area contributed by atoms with Crippen molar-refractivity contribution in [2.24, 2.45) is 11.3 Å². The molecule has 218 valence electrons. The maximum Gasteiger partial charge on any atom is 0.531 e. The largest absolute Gasteiger partial charge is 0.531 e. The number of ether oxygens (including phenoxy) is 1. The maximum absolute atomic E-state index is 13.5. The number of rotatable bonds is 10. The van der Waals surface area contributed by atoms with Crippen molar-refractivity contribution in [3.63, 3.8) is 0 Å². The van der Waals surface area contributed by atoms with Gasteiger partial charge in [-0.3, -0.25) is 9.32 Å². The Bertz CT molecular complexity index is 1100. The molecule has 3 atom stereocenters. The Morgan fingerprint density at radius 2 is 1.79 bits per heavy atom. The number of benzene rings is 1. The molecular formula is C26H39ClN3O8P. The molecule has 11 nitrogen and oxygen atoms in total. The molecule has 3 amide bonds. The summed E-state index contributed by atoms with van der Waals surface area (Å²) >= 11 is 6.06. The third-order valence-electron chi connectivity index (χ3n) is 6.90. The summed E-state index contributed by atoms with van der Waals surface area (Å²) < 4.78 is 30.2. The Kier molecular flexibility index (Phi) is 9.76. The highest BCUT2D eigenvalue weighted by atomic mass is 35.5. The van der Waals surface area contributed by atoms with Gasteiger partial charge in [-0.15, -0.1) is 9.35 Å². The van der Waals surface area contributed by atoms with Crippen LogP contribution in [0.1, 0.15) is 66.4 Å². The molecule has 2 unspecified atom stereocenters. The lowest BCUT2D eigenvalue weighted by atomic mass is 9.70. The number of nitrogens with one attached hydrogen (secondary N) is 2. The van der Waals surface area contributed by atoms with Crippen LogP contribution >= 0.6 is 19.4 Å². The number of urea groups is 1. The number of hydrogen-bond donors (Lipinski definition) is 2. The van der Waals surface area contributed by atoms with Crippen molar-refractivity contribution in [3.05, 3.63) is 34.9 Å². The second kappa shape index (κ2) is 12.1. The first-order valence-corrected chi connectivity index (χ1v) is 14.8. The third-order valence-corrected chi connectivity index (χ3v) is 8.12. The highest BCUT2D eigenvalue weighted by molar-refractivity contribution is 7.52. The maximum atomic E-state index is 13.5. The molecule has 3 rings (SSSR count). The summed E-state index contributed by atoms with van der Waals surface area (Å²) in [5, 5.41) is 6.14. The van der Waals surface area contributed by atoms with Gasteiger partial charge < -0.3 is 20.3 Å². The van der Waals surface area contributed by atoms with Crippen molar-refractivity contribution < 1.29 is 37.6 Å². The minimum absolute atomic E-state index is 0.0412. The summed E-state index contributed by atoms with van der Waals surface area (Å²) in [4.78, 5) is 40.4. The highest BCUT2D eigenvalue weighted by Crippen LogP contribution is 2.66. The second-order valence-corrected chi connectivity index (χ2v) is 13.6. The van der Waals surface area contributed by atoms with Crippen LogP contribution in [0.5, 0.6) is 0 Å². The average Bonchev–Trinajstić information content (AvgIpc) is 3.56. The zero-order chi connectivity index (χ0) is 29.2. The van der Waals surface area contributed by atoms with Crippen LogP contribution in [0.4, 0.5) is 4.79 Å². The van der Waals surface area contributed by atoms with Gasteiger partial charge in [-0.25, -0.2) is 14.2 Å². The van der Waals surface area contributed by atoms with Crippen LogP contribution in [-0.4, -0.2) is 60.2 Å². The number of halogens is 1. The third kappa shape index (κ3) is 8.66. The normalized spacial score (nSPS) is 21.6. The molecule has 1 aromatic rings. The van der Waals surface area contributed by atoms with E-state index in [1.165, 1.54) is 12.5 Å². The number of piperidine rings is 1. The zero-order valence-electron chi connectivity index (χ0n) is 23.5. The van der Waals surface area contributed by atoms with Crippen LogP contribution in [0.25, 0.3) is 0 Å². The number of carbonyl (C=O) groups excluding carboxylic acids is 3. The minimum Gasteiger partial charge on any atom is -0.456 e. The van der Waals surface area contributed by atoms with Gasteiger partial charge in [-0.05, 0) is 62.1 Å². The van der Waals surface area contributed by atoms with Gasteiger partial charge in [0.05, 0.1) is 6.54 Å². The molecule has 0 aliphatic carbocycles. The van der Waals surface area contributed by atoms with Crippen LogP contribution in [0.15, 0.2) is 24.3 Å². The quantitative estimate of drug-likeness (QED) is 0.172. The molecule has 0 spiro atoms. The summed E-state index contributed by atoms with van der Waals surface area (Å²) in [6.45, 7) is 13.7. The first kappa shape index (κ1) is 31.4. The summed E-state index contributed by atoms with van der Waals surface area (Å²) in [5.41, 5.74) is -0.0928. The van der Waals surface area contributed by atoms with Crippen LogP contribution in [-0.2, 0) is 32.8 Å². The highest BCUT2D eigenvalue weighted by Gasteiger charge is 2.49. The molecule has 0 aromatic heterocycles. The summed E-state index contributed by atoms with van der Waals surface area (Å²) in [5.74, 6) is -0.815. The molecule has 2 aliphatic rings. The lowest BCUT2D eigenvalue weighted by molar-refractivity contribution is -0.163. The predicted octanol–water partition coefficient (Wildman–Crippen LogP) is 4.80. The van der Waals surface area contributed by atoms with Crippen LogP contribution in [0.2, 0.25) is 5.02 Å². The first-order valence-electron chi connectivity index (χ1n) is 13.0. The van der Waals surface area contributed by atoms with Gasteiger partial charge in [0.15, 0.2) is 6.10 Å². The molecule has 2 heterocycles. The molecule has 39 heavy (non-hydrogen) atoms. The van der Waals surface area contributed by atoms with Crippen molar-refractivity contribution in [2.75, 3.05) is 19.6 Å². The fraction of sp³-hybridized carbons (Fsp3) is 0.654. The predicted molar refractivity (Wildman–Crippen MR) is 145 cm³/mol. The van der Waals surface area contributed by atoms with E-state index in [-0.39, 0.29) is 29.7 Å². The molecule has 13 heteroatoms. The van der Waals surface area contributed by atoms with Gasteiger partial charge in [-0.1, -0.05) is 51.4 Å². The topological polar surface area (TPSA) is 139 Å². The molecule has 2 aliphatic heterocycles. The van der Waals surface area contributed by atoms with Gasteiger partial charge in [0.25, 0.3) is 0 Å². The van der Waals surface area contributed by atoms with E-state index in [1.807, 2.05) is 43.0 Å². The van der Waals surface area contributed by atoms with Crippen molar-refractivity contribution in [1.82, 2.24) is 15.5 Å². The Morgan fingerprint density at radius 1 is 1.18 bits per heavy atom. The Morgan fingerprint density at radius 3 is 2.33 bits per heavy atom. The summed E-state index contributed by atoms with van der Waals surface area (Å²) in [6.07, 6.45) is -0.394. The number of nitrogens with zero attached hydrogens (tertiary/aromatic N) is 1. The molecule has 2 saturated heterocycles. The minimum atomic E-state index is -3.62. The molecule has 2 N–H and O–H groups in total. The molecule has 0 bridgehead atoms. The van der Waals surface area contributed by atoms with Gasteiger partial charge in [0, 0.05) is 18.1 Å². The lowest BCUT2D eigenvalue weighted by Crippen LogP contribution is -2.58. The fourth-order valence-corrected chi connectivity index (χ4v) is 5.63. The molecular weight excluding hydrogens is 549 g/mol. The number of carbonyl (C=O) groups is 3. The summed E-state index contributed by atoms with van der Waals surface area (Å²) in [6, 6.07) is 6.56. The van der Waals surface area contributed by atoms with Crippen molar-refractivity contribution in [1.29, 1.82) is 0 Å². The average molecular weight is 588 g/mol. The van der Waals surface area contributed by atoms with Crippen LogP contribution < -0.4 is 10.6 Å². The van der Waals surface area contributed by atoms with Gasteiger partial charge in [0.2, 0.25) is 5.91 Å². The van der Waals surface area contributed by atoms with Crippen molar-refractivity contribution in [3.8, 4) is 0 Å². The molecule has 0 saturated carbocycles. The van der Waals surface area contributed by atoms with E-state index in [0.717, 1.165) is 6.42 Å². The van der Waals surface area contributed by atoms with E-state index < -0.39 is 37.6 Å². The number of amides is 3. The van der Waals surface area contributed by atoms with E-state index in [1.54, 1.807) is 13.8 Å². The smallest absolute Gasteiger partial charge is 0.456 e. The Hall–Kier alpha value is -2.17. The monoisotopic (exact) mass is 587 g/mol.